The molecule has 1 aliphatic carbocycles. The Balaban J connectivity index is 2.59. The minimum absolute atomic E-state index is 0.241. The van der Waals surface area contributed by atoms with Crippen molar-refractivity contribution in [2.24, 2.45) is 5.41 Å². The largest absolute Gasteiger partial charge is 0.481 e. The molecule has 1 aromatic heterocycles. The van der Waals surface area contributed by atoms with Gasteiger partial charge in [-0.2, -0.15) is 0 Å². The molecule has 0 bridgehead atoms. The molecule has 0 amide bonds. The summed E-state index contributed by atoms with van der Waals surface area (Å²) in [6.45, 7) is 3.71. The second kappa shape index (κ2) is 5.35. The number of pyridine rings is 1. The fourth-order valence-electron chi connectivity index (χ4n) is 2.98. The van der Waals surface area contributed by atoms with Crippen molar-refractivity contribution >= 4 is 11.9 Å². The molecular weight excluding hydrogens is 274 g/mol. The zero-order chi connectivity index (χ0) is 15.8. The molecule has 0 saturated carbocycles. The van der Waals surface area contributed by atoms with Crippen LogP contribution in [-0.4, -0.2) is 38.3 Å². The van der Waals surface area contributed by atoms with E-state index in [-0.39, 0.29) is 12.8 Å². The third-order valence-corrected chi connectivity index (χ3v) is 4.15. The molecule has 2 rings (SSSR count). The molecule has 6 nitrogen and oxygen atoms in total. The standard InChI is InChI=1S/C15H19NO5/c1-8-10-6-15(13(17)20-4,14(18)21-5)7-11(10)9(2)16-12(8)19-3/h6-7H2,1-5H3. The first-order valence-electron chi connectivity index (χ1n) is 6.61. The number of aromatic nitrogens is 1. The van der Waals surface area contributed by atoms with Gasteiger partial charge in [0.25, 0.3) is 0 Å². The van der Waals surface area contributed by atoms with Crippen molar-refractivity contribution < 1.29 is 23.8 Å². The summed E-state index contributed by atoms with van der Waals surface area (Å²) in [4.78, 5) is 28.8. The molecule has 1 aromatic rings. The maximum Gasteiger partial charge on any atom is 0.323 e. The molecule has 21 heavy (non-hydrogen) atoms. The minimum Gasteiger partial charge on any atom is -0.481 e. The number of ether oxygens (including phenoxy) is 3. The lowest BCUT2D eigenvalue weighted by atomic mass is 9.84. The van der Waals surface area contributed by atoms with Crippen LogP contribution in [0.5, 0.6) is 5.88 Å². The summed E-state index contributed by atoms with van der Waals surface area (Å²) < 4.78 is 14.9. The Hall–Kier alpha value is -2.11. The normalized spacial score (nSPS) is 15.3. The maximum absolute atomic E-state index is 12.2. The quantitative estimate of drug-likeness (QED) is 0.614. The van der Waals surface area contributed by atoms with Crippen LogP contribution >= 0.6 is 0 Å². The molecule has 6 heteroatoms. The van der Waals surface area contributed by atoms with Crippen LogP contribution in [-0.2, 0) is 31.9 Å². The summed E-state index contributed by atoms with van der Waals surface area (Å²) in [6.07, 6.45) is 0.485. The topological polar surface area (TPSA) is 74.7 Å². The van der Waals surface area contributed by atoms with E-state index in [9.17, 15) is 9.59 Å². The van der Waals surface area contributed by atoms with Crippen LogP contribution in [0.4, 0.5) is 0 Å². The maximum atomic E-state index is 12.2. The molecule has 0 N–H and O–H groups in total. The highest BCUT2D eigenvalue weighted by Crippen LogP contribution is 2.43. The van der Waals surface area contributed by atoms with Crippen LogP contribution in [0.2, 0.25) is 0 Å². The smallest absolute Gasteiger partial charge is 0.323 e. The zero-order valence-corrected chi connectivity index (χ0v) is 12.9. The van der Waals surface area contributed by atoms with E-state index in [2.05, 4.69) is 4.98 Å². The Bertz CT molecular complexity index is 593. The van der Waals surface area contributed by atoms with Crippen molar-refractivity contribution in [3.63, 3.8) is 0 Å². The minimum atomic E-state index is -1.32. The summed E-state index contributed by atoms with van der Waals surface area (Å²) in [6, 6.07) is 0. The Morgan fingerprint density at radius 3 is 2.00 bits per heavy atom. The van der Waals surface area contributed by atoms with Gasteiger partial charge < -0.3 is 14.2 Å². The summed E-state index contributed by atoms with van der Waals surface area (Å²) in [5.41, 5.74) is 2.07. The van der Waals surface area contributed by atoms with Gasteiger partial charge in [-0.15, -0.1) is 0 Å². The lowest BCUT2D eigenvalue weighted by molar-refractivity contribution is -0.168. The van der Waals surface area contributed by atoms with E-state index >= 15 is 0 Å². The number of nitrogens with zero attached hydrogens (tertiary/aromatic N) is 1. The highest BCUT2D eigenvalue weighted by molar-refractivity contribution is 6.01. The highest BCUT2D eigenvalue weighted by atomic mass is 16.5. The number of carbonyl (C=O) groups excluding carboxylic acids is 2. The first kappa shape index (κ1) is 15.3. The molecule has 0 atom stereocenters. The predicted octanol–water partition coefficient (Wildman–Crippen LogP) is 1.14. The van der Waals surface area contributed by atoms with Crippen molar-refractivity contribution in [1.29, 1.82) is 0 Å². The number of rotatable bonds is 3. The van der Waals surface area contributed by atoms with Gasteiger partial charge in [-0.25, -0.2) is 4.98 Å². The van der Waals surface area contributed by atoms with Crippen LogP contribution < -0.4 is 4.74 Å². The summed E-state index contributed by atoms with van der Waals surface area (Å²) in [5.74, 6) is -0.650. The zero-order valence-electron chi connectivity index (χ0n) is 12.9. The Morgan fingerprint density at radius 1 is 1.00 bits per heavy atom. The third kappa shape index (κ3) is 2.14. The Morgan fingerprint density at radius 2 is 1.52 bits per heavy atom. The van der Waals surface area contributed by atoms with E-state index in [1.165, 1.54) is 14.2 Å². The Kier molecular flexibility index (Phi) is 3.89. The fourth-order valence-corrected chi connectivity index (χ4v) is 2.98. The van der Waals surface area contributed by atoms with Gasteiger partial charge in [-0.05, 0) is 25.0 Å². The lowest BCUT2D eigenvalue weighted by Crippen LogP contribution is -2.42. The third-order valence-electron chi connectivity index (χ3n) is 4.15. The molecule has 0 saturated heterocycles. The van der Waals surface area contributed by atoms with Gasteiger partial charge in [-0.3, -0.25) is 9.59 Å². The number of hydrogen-bond donors (Lipinski definition) is 0. The first-order chi connectivity index (χ1) is 9.91. The molecule has 1 aliphatic rings. The molecule has 0 spiro atoms. The van der Waals surface area contributed by atoms with Crippen LogP contribution in [0.15, 0.2) is 0 Å². The van der Waals surface area contributed by atoms with E-state index in [0.29, 0.717) is 5.88 Å². The highest BCUT2D eigenvalue weighted by Gasteiger charge is 2.53. The summed E-state index contributed by atoms with van der Waals surface area (Å²) in [5, 5.41) is 0. The van der Waals surface area contributed by atoms with Gasteiger partial charge in [0.1, 0.15) is 0 Å². The second-order valence-electron chi connectivity index (χ2n) is 5.21. The van der Waals surface area contributed by atoms with Gasteiger partial charge >= 0.3 is 11.9 Å². The van der Waals surface area contributed by atoms with E-state index in [1.807, 2.05) is 13.8 Å². The summed E-state index contributed by atoms with van der Waals surface area (Å²) >= 11 is 0. The van der Waals surface area contributed by atoms with Crippen molar-refractivity contribution in [2.75, 3.05) is 21.3 Å². The number of esters is 2. The first-order valence-corrected chi connectivity index (χ1v) is 6.61. The van der Waals surface area contributed by atoms with Gasteiger partial charge in [-0.1, -0.05) is 0 Å². The van der Waals surface area contributed by atoms with Crippen molar-refractivity contribution in [2.45, 2.75) is 26.7 Å². The molecular formula is C15H19NO5. The number of aryl methyl sites for hydroxylation is 1. The average Bonchev–Trinajstić information content (AvgIpc) is 2.91. The molecule has 0 aromatic carbocycles. The number of fused-ring (bicyclic) bond motifs is 1. The number of carbonyl (C=O) groups is 2. The van der Waals surface area contributed by atoms with Gasteiger partial charge in [0.05, 0.1) is 21.3 Å². The van der Waals surface area contributed by atoms with E-state index < -0.39 is 17.4 Å². The predicted molar refractivity (Wildman–Crippen MR) is 74.1 cm³/mol. The molecule has 0 fully saturated rings. The van der Waals surface area contributed by atoms with Crippen LogP contribution in [0.25, 0.3) is 0 Å². The van der Waals surface area contributed by atoms with E-state index in [1.54, 1.807) is 7.11 Å². The molecule has 0 aliphatic heterocycles. The summed E-state index contributed by atoms with van der Waals surface area (Å²) in [7, 11) is 4.09. The molecule has 114 valence electrons. The van der Waals surface area contributed by atoms with Gasteiger partial charge in [0.15, 0.2) is 5.41 Å². The van der Waals surface area contributed by atoms with Crippen LogP contribution in [0.1, 0.15) is 22.4 Å². The fraction of sp³-hybridized carbons (Fsp3) is 0.533. The average molecular weight is 293 g/mol. The monoisotopic (exact) mass is 293 g/mol. The molecule has 0 radical (unpaired) electrons. The van der Waals surface area contributed by atoms with Crippen molar-refractivity contribution in [1.82, 2.24) is 4.98 Å². The van der Waals surface area contributed by atoms with Crippen molar-refractivity contribution in [3.8, 4) is 5.88 Å². The Labute approximate surface area is 123 Å². The van der Waals surface area contributed by atoms with Gasteiger partial charge in [0.2, 0.25) is 5.88 Å². The SMILES string of the molecule is COC(=O)C1(C(=O)OC)Cc2c(C)nc(OC)c(C)c2C1. The number of hydrogen-bond acceptors (Lipinski definition) is 6. The lowest BCUT2D eigenvalue weighted by Gasteiger charge is -2.22. The van der Waals surface area contributed by atoms with E-state index in [4.69, 9.17) is 14.2 Å². The molecule has 1 heterocycles. The molecule has 0 unspecified atom stereocenters. The van der Waals surface area contributed by atoms with Crippen molar-refractivity contribution in [3.05, 3.63) is 22.4 Å². The van der Waals surface area contributed by atoms with Gasteiger partial charge in [0, 0.05) is 24.1 Å². The van der Waals surface area contributed by atoms with Crippen LogP contribution in [0, 0.1) is 19.3 Å². The van der Waals surface area contributed by atoms with Crippen LogP contribution in [0.3, 0.4) is 0 Å². The van der Waals surface area contributed by atoms with E-state index in [0.717, 1.165) is 22.4 Å². The second-order valence-corrected chi connectivity index (χ2v) is 5.21. The number of methoxy groups -OCH3 is 3.